The van der Waals surface area contributed by atoms with E-state index >= 15 is 0 Å². The fraction of sp³-hybridized carbons (Fsp3) is 0.227. The Hall–Kier alpha value is -7.43. The Morgan fingerprint density at radius 2 is 1.29 bits per heavy atom. The van der Waals surface area contributed by atoms with Gasteiger partial charge in [-0.05, 0) is 205 Å². The van der Waals surface area contributed by atoms with Gasteiger partial charge in [0.05, 0.1) is 39.6 Å². The molecule has 5 atom stereocenters. The van der Waals surface area contributed by atoms with Crippen LogP contribution in [0.15, 0.2) is 146 Å². The van der Waals surface area contributed by atoms with Crippen LogP contribution in [0.25, 0.3) is 93.6 Å². The van der Waals surface area contributed by atoms with Crippen LogP contribution < -0.4 is 5.32 Å². The number of pyridine rings is 1. The van der Waals surface area contributed by atoms with Crippen molar-refractivity contribution >= 4 is 65.7 Å². The molecule has 0 radical (unpaired) electrons. The van der Waals surface area contributed by atoms with Gasteiger partial charge >= 0.3 is 0 Å². The van der Waals surface area contributed by atoms with E-state index in [2.05, 4.69) is 182 Å². The number of allylic oxidation sites excluding steroid dienone is 4. The quantitative estimate of drug-likeness (QED) is 0.191. The Bertz CT molecular complexity index is 4100. The maximum atomic E-state index is 4.75. The monoisotopic (exact) mass is 902 g/mol. The molecule has 70 heavy (non-hydrogen) atoms. The first-order valence-corrected chi connectivity index (χ1v) is 26.1. The molecular weight excluding hydrogens is 849 g/mol. The summed E-state index contributed by atoms with van der Waals surface area (Å²) in [6.45, 7) is 10.9. The van der Waals surface area contributed by atoms with Crippen LogP contribution in [0.4, 0.5) is 0 Å². The van der Waals surface area contributed by atoms with E-state index in [-0.39, 0.29) is 11.8 Å². The lowest BCUT2D eigenvalue weighted by Crippen LogP contribution is -2.24. The Kier molecular flexibility index (Phi) is 7.94. The first-order valence-electron chi connectivity index (χ1n) is 26.1. The number of benzene rings is 7. The molecule has 0 saturated heterocycles. The van der Waals surface area contributed by atoms with Gasteiger partial charge in [-0.3, -0.25) is 4.98 Å². The Balaban J connectivity index is 0.985. The van der Waals surface area contributed by atoms with Gasteiger partial charge in [0.1, 0.15) is 0 Å². The van der Waals surface area contributed by atoms with Gasteiger partial charge < -0.3 is 14.5 Å². The summed E-state index contributed by atoms with van der Waals surface area (Å²) in [5.74, 6) is 1.49. The van der Waals surface area contributed by atoms with Crippen LogP contribution in [0, 0.1) is 0 Å². The predicted octanol–water partition coefficient (Wildman–Crippen LogP) is 16.1. The van der Waals surface area contributed by atoms with E-state index in [0.29, 0.717) is 17.8 Å². The maximum Gasteiger partial charge on any atom is 0.0645 e. The van der Waals surface area contributed by atoms with Crippen molar-refractivity contribution in [1.82, 2.24) is 19.4 Å². The molecule has 7 aromatic carbocycles. The summed E-state index contributed by atoms with van der Waals surface area (Å²) < 4.78 is 5.18. The minimum atomic E-state index is 0.235. The molecule has 0 bridgehead atoms. The summed E-state index contributed by atoms with van der Waals surface area (Å²) >= 11 is 0. The van der Waals surface area contributed by atoms with E-state index in [0.717, 1.165) is 31.5 Å². The Morgan fingerprint density at radius 3 is 2.06 bits per heavy atom. The second-order valence-corrected chi connectivity index (χ2v) is 21.7. The molecule has 10 aromatic rings. The van der Waals surface area contributed by atoms with Crippen LogP contribution in [-0.2, 0) is 19.3 Å². The van der Waals surface area contributed by atoms with Gasteiger partial charge in [-0.25, -0.2) is 0 Å². The topological polar surface area (TPSA) is 34.8 Å². The third kappa shape index (κ3) is 5.04. The smallest absolute Gasteiger partial charge is 0.0645 e. The van der Waals surface area contributed by atoms with E-state index in [1.54, 1.807) is 5.57 Å². The highest BCUT2D eigenvalue weighted by molar-refractivity contribution is 6.18. The van der Waals surface area contributed by atoms with Gasteiger partial charge in [0.15, 0.2) is 0 Å². The summed E-state index contributed by atoms with van der Waals surface area (Å²) in [4.78, 5) is 4.75. The average Bonchev–Trinajstić information content (AvgIpc) is 4.20. The van der Waals surface area contributed by atoms with E-state index in [9.17, 15) is 0 Å². The number of hydrogen-bond acceptors (Lipinski definition) is 2. The van der Waals surface area contributed by atoms with Crippen LogP contribution in [0.2, 0.25) is 0 Å². The van der Waals surface area contributed by atoms with Crippen LogP contribution in [0.5, 0.6) is 0 Å². The van der Waals surface area contributed by atoms with Gasteiger partial charge in [0, 0.05) is 46.4 Å². The molecule has 16 rings (SSSR count). The van der Waals surface area contributed by atoms with Crippen molar-refractivity contribution in [3.63, 3.8) is 0 Å². The fourth-order valence-corrected chi connectivity index (χ4v) is 15.0. The third-order valence-electron chi connectivity index (χ3n) is 18.6. The largest absolute Gasteiger partial charge is 0.386 e. The van der Waals surface area contributed by atoms with Crippen molar-refractivity contribution < 1.29 is 0 Å². The van der Waals surface area contributed by atoms with Crippen molar-refractivity contribution in [2.24, 2.45) is 0 Å². The molecule has 1 aliphatic heterocycles. The van der Waals surface area contributed by atoms with E-state index in [1.165, 1.54) is 151 Å². The molecule has 0 saturated carbocycles. The lowest BCUT2D eigenvalue weighted by atomic mass is 9.62. The lowest BCUT2D eigenvalue weighted by molar-refractivity contribution is 0.584. The minimum absolute atomic E-state index is 0.235. The van der Waals surface area contributed by atoms with Gasteiger partial charge in [-0.15, -0.1) is 0 Å². The lowest BCUT2D eigenvalue weighted by Gasteiger charge is -2.42. The molecule has 4 heterocycles. The van der Waals surface area contributed by atoms with Gasteiger partial charge in [-0.2, -0.15) is 0 Å². The summed E-state index contributed by atoms with van der Waals surface area (Å²) in [6.07, 6.45) is 19.1. The zero-order valence-electron chi connectivity index (χ0n) is 40.3. The summed E-state index contributed by atoms with van der Waals surface area (Å²) in [5.41, 5.74) is 29.7. The Labute approximate surface area is 408 Å². The van der Waals surface area contributed by atoms with Gasteiger partial charge in [0.25, 0.3) is 0 Å². The second kappa shape index (κ2) is 14.1. The van der Waals surface area contributed by atoms with Crippen molar-refractivity contribution in [1.29, 1.82) is 0 Å². The van der Waals surface area contributed by atoms with E-state index in [1.807, 2.05) is 6.20 Å². The first-order chi connectivity index (χ1) is 34.4. The summed E-state index contributed by atoms with van der Waals surface area (Å²) in [5, 5.41) is 11.9. The van der Waals surface area contributed by atoms with Gasteiger partial charge in [-0.1, -0.05) is 101 Å². The molecule has 4 heteroatoms. The number of dihydropyridines is 1. The van der Waals surface area contributed by atoms with E-state index < -0.39 is 0 Å². The Morgan fingerprint density at radius 1 is 0.571 bits per heavy atom. The molecule has 0 fully saturated rings. The number of nitrogens with one attached hydrogen (secondary N) is 1. The molecule has 6 aliphatic rings. The molecule has 0 spiro atoms. The van der Waals surface area contributed by atoms with Crippen molar-refractivity contribution in [3.05, 3.63) is 202 Å². The number of nitrogens with zero attached hydrogens (tertiary/aromatic N) is 3. The maximum absolute atomic E-state index is 4.75. The third-order valence-corrected chi connectivity index (χ3v) is 18.6. The van der Waals surface area contributed by atoms with Crippen LogP contribution >= 0.6 is 0 Å². The van der Waals surface area contributed by atoms with Crippen LogP contribution in [0.1, 0.15) is 126 Å². The number of fused-ring (bicyclic) bond motifs is 8. The van der Waals surface area contributed by atoms with Crippen molar-refractivity contribution in [2.45, 2.75) is 89.4 Å². The SMILES string of the molecule is CC1c2cc3c4cc(C5CC=C6CCc7cccc5c76)ccc4n(C4=CNCC=C4)c3c3c2-c2c(cc4c5cc(-c6ccc7c8c(cccc68)CC7)ccc5n(-c5cccnc5)c4c2C(C)C3C)C1C. The fourth-order valence-electron chi connectivity index (χ4n) is 15.0. The zero-order chi connectivity index (χ0) is 46.3. The average molecular weight is 903 g/mol. The number of rotatable bonds is 4. The highest BCUT2D eigenvalue weighted by atomic mass is 15.0. The van der Waals surface area contributed by atoms with Crippen LogP contribution in [-0.4, -0.2) is 20.7 Å². The highest BCUT2D eigenvalue weighted by Gasteiger charge is 2.43. The highest BCUT2D eigenvalue weighted by Crippen LogP contribution is 2.62. The molecule has 1 N–H and O–H groups in total. The second-order valence-electron chi connectivity index (χ2n) is 21.7. The molecular formula is C66H54N4. The minimum Gasteiger partial charge on any atom is -0.386 e. The molecule has 5 unspecified atom stereocenters. The summed E-state index contributed by atoms with van der Waals surface area (Å²) in [6, 6.07) is 43.2. The normalized spacial score (nSPS) is 21.5. The zero-order valence-corrected chi connectivity index (χ0v) is 40.3. The molecule has 3 aromatic heterocycles. The van der Waals surface area contributed by atoms with Crippen molar-refractivity contribution in [3.8, 4) is 27.9 Å². The number of hydrogen-bond donors (Lipinski definition) is 1. The van der Waals surface area contributed by atoms with Gasteiger partial charge in [0.2, 0.25) is 0 Å². The number of aromatic nitrogens is 3. The molecule has 338 valence electrons. The predicted molar refractivity (Wildman–Crippen MR) is 292 cm³/mol. The summed E-state index contributed by atoms with van der Waals surface area (Å²) in [7, 11) is 0. The molecule has 4 nitrogen and oxygen atoms in total. The van der Waals surface area contributed by atoms with Crippen molar-refractivity contribution in [2.75, 3.05) is 6.54 Å². The molecule has 0 amide bonds. The van der Waals surface area contributed by atoms with E-state index in [4.69, 9.17) is 4.98 Å². The standard InChI is InChI=1S/C66H54N4/c1-35-36(2)52-32-56-54-30-44(48-24-20-42-18-16-40-10-6-14-50(48)62(40)42)22-26-58(54)70(46-12-8-28-68-34-46)66(56)60-38(4)37(3)59-63(64(52)60)51(35)31-55-53-29-43(21-25-57(53)69(65(55)59)45-11-7-27-67-33-45)47-23-19-41-17-15-39-9-5-13-49(47)61(39)41/h5-14,19-23,25-27,29-38,48,68H,15-18,24,28H2,1-4H3. The molecule has 5 aliphatic carbocycles. The first kappa shape index (κ1) is 39.4. The number of aryl methyl sites for hydroxylation is 3. The van der Waals surface area contributed by atoms with Crippen LogP contribution in [0.3, 0.4) is 0 Å².